The van der Waals surface area contributed by atoms with Crippen molar-refractivity contribution in [3.05, 3.63) is 32.8 Å². The minimum absolute atomic E-state index is 0.0870. The Labute approximate surface area is 95.6 Å². The molecule has 0 saturated carbocycles. The van der Waals surface area contributed by atoms with Gasteiger partial charge in [0.25, 0.3) is 5.69 Å². The van der Waals surface area contributed by atoms with Gasteiger partial charge in [-0.1, -0.05) is 11.6 Å². The minimum Gasteiger partial charge on any atom is -0.482 e. The second-order valence-corrected chi connectivity index (χ2v) is 3.42. The van der Waals surface area contributed by atoms with Crippen LogP contribution in [0.3, 0.4) is 0 Å². The molecule has 0 aromatic heterocycles. The quantitative estimate of drug-likeness (QED) is 0.647. The van der Waals surface area contributed by atoms with E-state index in [0.29, 0.717) is 5.56 Å². The molecule has 0 unspecified atom stereocenters. The first-order valence-electron chi connectivity index (χ1n) is 4.21. The summed E-state index contributed by atoms with van der Waals surface area (Å²) in [6.45, 7) is 1.05. The monoisotopic (exact) mass is 245 g/mol. The molecule has 0 spiro atoms. The lowest BCUT2D eigenvalue weighted by Gasteiger charge is -2.07. The minimum atomic E-state index is -1.13. The van der Waals surface area contributed by atoms with Crippen molar-refractivity contribution < 1.29 is 19.6 Å². The molecule has 0 bridgehead atoms. The Hall–Kier alpha value is -1.82. The topological polar surface area (TPSA) is 89.7 Å². The van der Waals surface area contributed by atoms with Crippen molar-refractivity contribution in [3.63, 3.8) is 0 Å². The Bertz CT molecular complexity index is 446. The predicted octanol–water partition coefficient (Wildman–Crippen LogP) is 2.02. The number of hydrogen-bond acceptors (Lipinski definition) is 4. The fourth-order valence-corrected chi connectivity index (χ4v) is 1.31. The van der Waals surface area contributed by atoms with Crippen LogP contribution >= 0.6 is 11.6 Å². The van der Waals surface area contributed by atoms with Gasteiger partial charge in [0, 0.05) is 12.1 Å². The van der Waals surface area contributed by atoms with Gasteiger partial charge in [0.2, 0.25) is 0 Å². The maximum atomic E-state index is 10.5. The van der Waals surface area contributed by atoms with Crippen molar-refractivity contribution in [1.82, 2.24) is 0 Å². The van der Waals surface area contributed by atoms with E-state index < -0.39 is 17.5 Å². The molecule has 1 aromatic carbocycles. The number of aryl methyl sites for hydroxylation is 1. The number of aliphatic carboxylic acids is 1. The van der Waals surface area contributed by atoms with Gasteiger partial charge in [0.1, 0.15) is 10.8 Å². The fourth-order valence-electron chi connectivity index (χ4n) is 1.08. The van der Waals surface area contributed by atoms with E-state index in [-0.39, 0.29) is 16.5 Å². The molecule has 0 aliphatic heterocycles. The van der Waals surface area contributed by atoms with Crippen LogP contribution in [-0.2, 0) is 4.79 Å². The molecule has 0 amide bonds. The number of carbonyl (C=O) groups is 1. The Morgan fingerprint density at radius 2 is 2.25 bits per heavy atom. The molecule has 0 aliphatic rings. The van der Waals surface area contributed by atoms with E-state index in [2.05, 4.69) is 0 Å². The van der Waals surface area contributed by atoms with Gasteiger partial charge in [0.15, 0.2) is 6.61 Å². The first kappa shape index (κ1) is 12.3. The van der Waals surface area contributed by atoms with Crippen LogP contribution in [0.1, 0.15) is 5.56 Å². The average molecular weight is 246 g/mol. The van der Waals surface area contributed by atoms with E-state index in [4.69, 9.17) is 21.4 Å². The lowest BCUT2D eigenvalue weighted by atomic mass is 10.2. The molecule has 7 heteroatoms. The Morgan fingerprint density at radius 1 is 1.62 bits per heavy atom. The summed E-state index contributed by atoms with van der Waals surface area (Å²) in [6, 6.07) is 2.47. The number of halogens is 1. The first-order chi connectivity index (χ1) is 7.41. The van der Waals surface area contributed by atoms with Gasteiger partial charge < -0.3 is 9.84 Å². The van der Waals surface area contributed by atoms with Gasteiger partial charge >= 0.3 is 5.97 Å². The summed E-state index contributed by atoms with van der Waals surface area (Å²) in [5.41, 5.74) is 0.221. The zero-order valence-corrected chi connectivity index (χ0v) is 9.02. The molecule has 0 atom stereocenters. The summed E-state index contributed by atoms with van der Waals surface area (Å²) < 4.78 is 4.91. The molecule has 6 nitrogen and oxygen atoms in total. The highest BCUT2D eigenvalue weighted by Gasteiger charge is 2.16. The van der Waals surface area contributed by atoms with E-state index in [0.717, 1.165) is 0 Å². The predicted molar refractivity (Wildman–Crippen MR) is 56.0 cm³/mol. The molecule has 86 valence electrons. The van der Waals surface area contributed by atoms with Crippen molar-refractivity contribution in [2.45, 2.75) is 6.92 Å². The second kappa shape index (κ2) is 4.80. The van der Waals surface area contributed by atoms with Gasteiger partial charge in [0.05, 0.1) is 4.92 Å². The van der Waals surface area contributed by atoms with Crippen molar-refractivity contribution in [2.75, 3.05) is 6.61 Å². The third-order valence-electron chi connectivity index (χ3n) is 1.79. The number of nitro benzene ring substituents is 1. The molecular weight excluding hydrogens is 238 g/mol. The van der Waals surface area contributed by atoms with Gasteiger partial charge in [-0.3, -0.25) is 10.1 Å². The molecule has 0 aliphatic carbocycles. The van der Waals surface area contributed by atoms with Gasteiger partial charge in [-0.15, -0.1) is 0 Å². The average Bonchev–Trinajstić information content (AvgIpc) is 2.18. The molecule has 0 saturated heterocycles. The molecule has 0 radical (unpaired) electrons. The van der Waals surface area contributed by atoms with Gasteiger partial charge in [-0.05, 0) is 12.5 Å². The van der Waals surface area contributed by atoms with Gasteiger partial charge in [-0.2, -0.15) is 0 Å². The number of carboxylic acids is 1. The highest BCUT2D eigenvalue weighted by Crippen LogP contribution is 2.31. The standard InChI is InChI=1S/C9H8ClNO5/c1-5-2-7(11(14)15)6(10)3-8(5)16-4-9(12)13/h2-3H,4H2,1H3,(H,12,13). The van der Waals surface area contributed by atoms with E-state index in [9.17, 15) is 14.9 Å². The van der Waals surface area contributed by atoms with Crippen molar-refractivity contribution in [3.8, 4) is 5.75 Å². The number of hydrogen-bond donors (Lipinski definition) is 1. The summed E-state index contributed by atoms with van der Waals surface area (Å²) >= 11 is 5.64. The lowest BCUT2D eigenvalue weighted by molar-refractivity contribution is -0.384. The Balaban J connectivity index is 3.01. The third kappa shape index (κ3) is 2.83. The van der Waals surface area contributed by atoms with Crippen LogP contribution in [-0.4, -0.2) is 22.6 Å². The number of nitrogens with zero attached hydrogens (tertiary/aromatic N) is 1. The SMILES string of the molecule is Cc1cc([N+](=O)[O-])c(Cl)cc1OCC(=O)O. The number of rotatable bonds is 4. The summed E-state index contributed by atoms with van der Waals surface area (Å²) in [5, 5.41) is 18.9. The van der Waals surface area contributed by atoms with E-state index in [1.807, 2.05) is 0 Å². The fraction of sp³-hybridized carbons (Fsp3) is 0.222. The Morgan fingerprint density at radius 3 is 2.75 bits per heavy atom. The highest BCUT2D eigenvalue weighted by atomic mass is 35.5. The molecular formula is C9H8ClNO5. The van der Waals surface area contributed by atoms with Crippen LogP contribution < -0.4 is 4.74 Å². The van der Waals surface area contributed by atoms with Gasteiger partial charge in [-0.25, -0.2) is 4.79 Å². The highest BCUT2D eigenvalue weighted by molar-refractivity contribution is 6.32. The normalized spacial score (nSPS) is 9.88. The van der Waals surface area contributed by atoms with E-state index >= 15 is 0 Å². The number of nitro groups is 1. The van der Waals surface area contributed by atoms with Crippen molar-refractivity contribution in [1.29, 1.82) is 0 Å². The molecule has 1 rings (SSSR count). The van der Waals surface area contributed by atoms with E-state index in [1.54, 1.807) is 6.92 Å². The Kier molecular flexibility index (Phi) is 3.68. The first-order valence-corrected chi connectivity index (χ1v) is 4.58. The molecule has 1 aromatic rings. The number of ether oxygens (including phenoxy) is 1. The smallest absolute Gasteiger partial charge is 0.341 e. The van der Waals surface area contributed by atoms with Crippen LogP contribution in [0.25, 0.3) is 0 Å². The van der Waals surface area contributed by atoms with Crippen molar-refractivity contribution >= 4 is 23.3 Å². The van der Waals surface area contributed by atoms with Crippen LogP contribution in [0.2, 0.25) is 5.02 Å². The largest absolute Gasteiger partial charge is 0.482 e. The molecule has 1 N–H and O–H groups in total. The number of benzene rings is 1. The summed E-state index contributed by atoms with van der Waals surface area (Å²) in [4.78, 5) is 20.2. The second-order valence-electron chi connectivity index (χ2n) is 3.01. The third-order valence-corrected chi connectivity index (χ3v) is 2.09. The summed E-state index contributed by atoms with van der Waals surface area (Å²) in [6.07, 6.45) is 0. The summed E-state index contributed by atoms with van der Waals surface area (Å²) in [7, 11) is 0. The zero-order valence-electron chi connectivity index (χ0n) is 8.27. The molecule has 0 fully saturated rings. The van der Waals surface area contributed by atoms with Crippen LogP contribution in [0.5, 0.6) is 5.75 Å². The summed E-state index contributed by atoms with van der Waals surface area (Å²) in [5.74, 6) is -0.910. The lowest BCUT2D eigenvalue weighted by Crippen LogP contribution is -2.10. The maximum absolute atomic E-state index is 10.5. The molecule has 0 heterocycles. The maximum Gasteiger partial charge on any atom is 0.341 e. The van der Waals surface area contributed by atoms with E-state index in [1.165, 1.54) is 12.1 Å². The van der Waals surface area contributed by atoms with Crippen LogP contribution in [0.15, 0.2) is 12.1 Å². The zero-order chi connectivity index (χ0) is 12.3. The van der Waals surface area contributed by atoms with Crippen LogP contribution in [0, 0.1) is 17.0 Å². The van der Waals surface area contributed by atoms with Crippen molar-refractivity contribution in [2.24, 2.45) is 0 Å². The number of carboxylic acid groups (broad SMARTS) is 1. The van der Waals surface area contributed by atoms with Crippen LogP contribution in [0.4, 0.5) is 5.69 Å². The molecule has 16 heavy (non-hydrogen) atoms.